The van der Waals surface area contributed by atoms with Gasteiger partial charge < -0.3 is 10.1 Å². The van der Waals surface area contributed by atoms with Crippen molar-refractivity contribution in [2.45, 2.75) is 13.3 Å². The molecule has 0 aliphatic rings. The van der Waals surface area contributed by atoms with Crippen LogP contribution in [0.4, 0.5) is 9.39 Å². The number of nitrogens with one attached hydrogen (secondary N) is 1. The van der Waals surface area contributed by atoms with E-state index in [9.17, 15) is 18.8 Å². The van der Waals surface area contributed by atoms with E-state index in [2.05, 4.69) is 10.4 Å². The summed E-state index contributed by atoms with van der Waals surface area (Å²) in [5.74, 6) is -1.43. The molecule has 0 atom stereocenters. The summed E-state index contributed by atoms with van der Waals surface area (Å²) in [6.45, 7) is 1.83. The summed E-state index contributed by atoms with van der Waals surface area (Å²) < 4.78 is 19.3. The molecule has 0 bridgehead atoms. The molecule has 2 aromatic carbocycles. The smallest absolute Gasteiger partial charge is 0.359 e. The van der Waals surface area contributed by atoms with Gasteiger partial charge in [-0.3, -0.25) is 9.59 Å². The maximum atomic E-state index is 13.3. The first-order valence-corrected chi connectivity index (χ1v) is 10.7. The van der Waals surface area contributed by atoms with E-state index < -0.39 is 11.5 Å². The molecule has 0 aliphatic heterocycles. The van der Waals surface area contributed by atoms with Crippen molar-refractivity contribution in [2.75, 3.05) is 11.9 Å². The quantitative estimate of drug-likeness (QED) is 0.449. The number of para-hydroxylation sites is 1. The van der Waals surface area contributed by atoms with Gasteiger partial charge in [0, 0.05) is 10.8 Å². The molecular weight excluding hydrogens is 433 g/mol. The van der Waals surface area contributed by atoms with Crippen molar-refractivity contribution in [2.24, 2.45) is 0 Å². The van der Waals surface area contributed by atoms with Gasteiger partial charge in [0.15, 0.2) is 5.69 Å². The summed E-state index contributed by atoms with van der Waals surface area (Å²) in [5.41, 5.74) is 0.609. The van der Waals surface area contributed by atoms with Crippen LogP contribution in [-0.4, -0.2) is 28.3 Å². The molecule has 0 radical (unpaired) electrons. The van der Waals surface area contributed by atoms with Gasteiger partial charge in [0.2, 0.25) is 5.91 Å². The topological polar surface area (TPSA) is 90.3 Å². The molecule has 0 spiro atoms. The van der Waals surface area contributed by atoms with Crippen molar-refractivity contribution in [1.29, 1.82) is 0 Å². The average Bonchev–Trinajstić information content (AvgIpc) is 3.20. The predicted molar refractivity (Wildman–Crippen MR) is 120 cm³/mol. The predicted octanol–water partition coefficient (Wildman–Crippen LogP) is 3.94. The van der Waals surface area contributed by atoms with Crippen LogP contribution in [0, 0.1) is 5.82 Å². The molecule has 4 aromatic rings. The summed E-state index contributed by atoms with van der Waals surface area (Å²) in [5, 5.41) is 9.36. The number of rotatable bonds is 6. The molecule has 2 aromatic heterocycles. The lowest BCUT2D eigenvalue weighted by atomic mass is 10.1. The lowest BCUT2D eigenvalue weighted by molar-refractivity contribution is -0.115. The third kappa shape index (κ3) is 4.28. The van der Waals surface area contributed by atoms with Crippen LogP contribution in [0.3, 0.4) is 0 Å². The van der Waals surface area contributed by atoms with Crippen LogP contribution in [0.5, 0.6) is 0 Å². The number of aromatic nitrogens is 2. The largest absolute Gasteiger partial charge is 0.461 e. The van der Waals surface area contributed by atoms with Crippen LogP contribution in [0.1, 0.15) is 23.0 Å². The molecule has 0 fully saturated rings. The Hall–Kier alpha value is -3.85. The number of hydrogen-bond acceptors (Lipinski definition) is 6. The molecule has 162 valence electrons. The second-order valence-corrected chi connectivity index (χ2v) is 7.71. The highest BCUT2D eigenvalue weighted by Gasteiger charge is 2.23. The average molecular weight is 451 g/mol. The van der Waals surface area contributed by atoms with E-state index in [1.807, 2.05) is 0 Å². The van der Waals surface area contributed by atoms with E-state index in [4.69, 9.17) is 4.74 Å². The van der Waals surface area contributed by atoms with Crippen molar-refractivity contribution >= 4 is 39.0 Å². The number of hydrogen-bond donors (Lipinski definition) is 1. The maximum absolute atomic E-state index is 13.3. The number of halogens is 1. The Balaban J connectivity index is 1.77. The maximum Gasteiger partial charge on any atom is 0.359 e. The Kier molecular flexibility index (Phi) is 6.09. The number of anilines is 1. The fourth-order valence-corrected chi connectivity index (χ4v) is 4.15. The lowest BCUT2D eigenvalue weighted by Crippen LogP contribution is -2.25. The van der Waals surface area contributed by atoms with Gasteiger partial charge in [-0.1, -0.05) is 30.3 Å². The minimum atomic E-state index is -0.663. The van der Waals surface area contributed by atoms with Crippen LogP contribution >= 0.6 is 11.3 Å². The molecule has 0 saturated carbocycles. The van der Waals surface area contributed by atoms with E-state index in [1.165, 1.54) is 24.3 Å². The summed E-state index contributed by atoms with van der Waals surface area (Å²) in [4.78, 5) is 38.4. The highest BCUT2D eigenvalue weighted by atomic mass is 32.1. The van der Waals surface area contributed by atoms with Gasteiger partial charge >= 0.3 is 5.97 Å². The Morgan fingerprint density at radius 1 is 1.12 bits per heavy atom. The van der Waals surface area contributed by atoms with Gasteiger partial charge in [0.1, 0.15) is 10.8 Å². The lowest BCUT2D eigenvalue weighted by Gasteiger charge is -2.10. The molecule has 0 saturated heterocycles. The number of ether oxygens (including phenoxy) is 1. The first kappa shape index (κ1) is 21.4. The van der Waals surface area contributed by atoms with Gasteiger partial charge in [-0.05, 0) is 36.8 Å². The highest BCUT2D eigenvalue weighted by Crippen LogP contribution is 2.30. The number of nitrogens with zero attached hydrogens (tertiary/aromatic N) is 2. The fourth-order valence-electron chi connectivity index (χ4n) is 3.19. The number of fused-ring (bicyclic) bond motifs is 1. The highest BCUT2D eigenvalue weighted by molar-refractivity contribution is 7.16. The second kappa shape index (κ2) is 9.11. The Morgan fingerprint density at radius 2 is 1.84 bits per heavy atom. The van der Waals surface area contributed by atoms with Crippen LogP contribution in [-0.2, 0) is 16.0 Å². The minimum absolute atomic E-state index is 0.00235. The number of carbonyl (C=O) groups excluding carboxylic acids is 2. The number of carbonyl (C=O) groups is 2. The third-order valence-corrected chi connectivity index (χ3v) is 5.55. The zero-order chi connectivity index (χ0) is 22.7. The van der Waals surface area contributed by atoms with Gasteiger partial charge in [-0.2, -0.15) is 9.78 Å². The van der Waals surface area contributed by atoms with Crippen molar-refractivity contribution in [3.05, 3.63) is 87.4 Å². The number of thiophene rings is 1. The van der Waals surface area contributed by atoms with Crippen LogP contribution in [0.2, 0.25) is 0 Å². The van der Waals surface area contributed by atoms with Crippen molar-refractivity contribution in [3.8, 4) is 5.69 Å². The van der Waals surface area contributed by atoms with Crippen LogP contribution in [0.25, 0.3) is 16.5 Å². The van der Waals surface area contributed by atoms with E-state index in [1.54, 1.807) is 42.6 Å². The van der Waals surface area contributed by atoms with Gasteiger partial charge in [0.25, 0.3) is 5.56 Å². The number of amides is 1. The molecule has 9 heteroatoms. The summed E-state index contributed by atoms with van der Waals surface area (Å²) >= 11 is 1.12. The van der Waals surface area contributed by atoms with E-state index in [0.29, 0.717) is 21.6 Å². The standard InChI is InChI=1S/C23H18FN3O4S/c1-2-31-23(30)20-17-13-32-21(25-18(28)12-14-8-10-15(24)11-9-14)19(17)22(29)27(26-20)16-6-4-3-5-7-16/h3-11,13H,2,12H2,1H3,(H,25,28). The number of benzene rings is 2. The molecule has 4 rings (SSSR count). The van der Waals surface area contributed by atoms with Crippen LogP contribution in [0.15, 0.2) is 64.8 Å². The first-order valence-electron chi connectivity index (χ1n) is 9.79. The summed E-state index contributed by atoms with van der Waals surface area (Å²) in [6.07, 6.45) is 0.00235. The Morgan fingerprint density at radius 3 is 2.53 bits per heavy atom. The minimum Gasteiger partial charge on any atom is -0.461 e. The van der Waals surface area contributed by atoms with Crippen molar-refractivity contribution in [1.82, 2.24) is 9.78 Å². The zero-order valence-electron chi connectivity index (χ0n) is 17.0. The SMILES string of the molecule is CCOC(=O)c1nn(-c2ccccc2)c(=O)c2c(NC(=O)Cc3ccc(F)cc3)scc12. The van der Waals surface area contributed by atoms with Crippen molar-refractivity contribution < 1.29 is 18.7 Å². The third-order valence-electron chi connectivity index (χ3n) is 4.65. The normalized spacial score (nSPS) is 10.8. The van der Waals surface area contributed by atoms with E-state index in [0.717, 1.165) is 16.0 Å². The zero-order valence-corrected chi connectivity index (χ0v) is 17.8. The van der Waals surface area contributed by atoms with Gasteiger partial charge in [-0.15, -0.1) is 11.3 Å². The summed E-state index contributed by atoms with van der Waals surface area (Å²) in [6, 6.07) is 14.3. The number of esters is 1. The molecule has 0 unspecified atom stereocenters. The first-order chi connectivity index (χ1) is 15.5. The molecular formula is C23H18FN3O4S. The van der Waals surface area contributed by atoms with Gasteiger partial charge in [-0.25, -0.2) is 9.18 Å². The van der Waals surface area contributed by atoms with Crippen LogP contribution < -0.4 is 10.9 Å². The van der Waals surface area contributed by atoms with Gasteiger partial charge in [0.05, 0.1) is 24.1 Å². The molecule has 1 N–H and O–H groups in total. The molecule has 2 heterocycles. The Labute approximate surface area is 186 Å². The molecule has 0 aliphatic carbocycles. The Bertz CT molecular complexity index is 1350. The van der Waals surface area contributed by atoms with Crippen molar-refractivity contribution in [3.63, 3.8) is 0 Å². The molecule has 1 amide bonds. The molecule has 7 nitrogen and oxygen atoms in total. The fraction of sp³-hybridized carbons (Fsp3) is 0.130. The summed E-state index contributed by atoms with van der Waals surface area (Å²) in [7, 11) is 0. The monoisotopic (exact) mass is 451 g/mol. The second-order valence-electron chi connectivity index (χ2n) is 6.83. The van der Waals surface area contributed by atoms with E-state index >= 15 is 0 Å². The molecule has 32 heavy (non-hydrogen) atoms. The van der Waals surface area contributed by atoms with E-state index in [-0.39, 0.29) is 35.8 Å².